The van der Waals surface area contributed by atoms with Crippen molar-refractivity contribution in [2.24, 2.45) is 0 Å². The van der Waals surface area contributed by atoms with Crippen LogP contribution in [0.2, 0.25) is 0 Å². The molecule has 3 N–H and O–H groups in total. The molecular formula is C32H26N4O3S2. The van der Waals surface area contributed by atoms with Gasteiger partial charge in [0.2, 0.25) is 5.91 Å². The van der Waals surface area contributed by atoms with Gasteiger partial charge >= 0.3 is 0 Å². The Morgan fingerprint density at radius 2 is 1.63 bits per heavy atom. The average Bonchev–Trinajstić information content (AvgIpc) is 3.40. The summed E-state index contributed by atoms with van der Waals surface area (Å²) in [6, 6.07) is 29.6. The van der Waals surface area contributed by atoms with Crippen LogP contribution in [0, 0.1) is 6.92 Å². The summed E-state index contributed by atoms with van der Waals surface area (Å²) in [4.78, 5) is 44.0. The molecule has 5 rings (SSSR count). The quantitative estimate of drug-likeness (QED) is 0.133. The first-order chi connectivity index (χ1) is 19.9. The number of benzene rings is 4. The molecule has 5 aromatic rings. The fraction of sp³-hybridized carbons (Fsp3) is 0.0625. The van der Waals surface area contributed by atoms with Gasteiger partial charge in [-0.3, -0.25) is 14.4 Å². The third-order valence-corrected chi connectivity index (χ3v) is 7.85. The van der Waals surface area contributed by atoms with E-state index in [1.807, 2.05) is 66.9 Å². The summed E-state index contributed by atoms with van der Waals surface area (Å²) in [5.41, 5.74) is 2.73. The molecule has 204 valence electrons. The summed E-state index contributed by atoms with van der Waals surface area (Å²) in [5, 5.41) is 12.9. The topological polar surface area (TPSA) is 100 Å². The summed E-state index contributed by atoms with van der Waals surface area (Å²) >= 11 is 2.73. The van der Waals surface area contributed by atoms with Crippen molar-refractivity contribution in [2.75, 3.05) is 16.4 Å². The molecule has 0 atom stereocenters. The molecule has 0 saturated heterocycles. The van der Waals surface area contributed by atoms with Gasteiger partial charge in [0.05, 0.1) is 11.4 Å². The van der Waals surface area contributed by atoms with Crippen LogP contribution in [0.25, 0.3) is 16.8 Å². The van der Waals surface area contributed by atoms with E-state index in [0.29, 0.717) is 16.4 Å². The molecular weight excluding hydrogens is 553 g/mol. The van der Waals surface area contributed by atoms with E-state index in [2.05, 4.69) is 20.9 Å². The van der Waals surface area contributed by atoms with Crippen molar-refractivity contribution in [3.63, 3.8) is 0 Å². The number of rotatable bonds is 9. The van der Waals surface area contributed by atoms with Crippen LogP contribution in [0.4, 0.5) is 10.8 Å². The van der Waals surface area contributed by atoms with E-state index in [0.717, 1.165) is 26.9 Å². The van der Waals surface area contributed by atoms with Gasteiger partial charge in [-0.05, 0) is 59.7 Å². The number of aromatic nitrogens is 1. The summed E-state index contributed by atoms with van der Waals surface area (Å²) in [6.45, 7) is 1.87. The Labute approximate surface area is 245 Å². The normalized spacial score (nSPS) is 11.2. The Bertz CT molecular complexity index is 1740. The maximum Gasteiger partial charge on any atom is 0.272 e. The van der Waals surface area contributed by atoms with Crippen molar-refractivity contribution in [3.8, 4) is 0 Å². The second-order valence-corrected chi connectivity index (χ2v) is 11.0. The lowest BCUT2D eigenvalue weighted by atomic mass is 10.0. The lowest BCUT2D eigenvalue weighted by Crippen LogP contribution is -2.30. The van der Waals surface area contributed by atoms with Crippen LogP contribution < -0.4 is 16.0 Å². The van der Waals surface area contributed by atoms with Gasteiger partial charge in [-0.2, -0.15) is 0 Å². The molecule has 0 spiro atoms. The number of carbonyl (C=O) groups excluding carboxylic acids is 3. The lowest BCUT2D eigenvalue weighted by Gasteiger charge is -2.13. The minimum atomic E-state index is -0.471. The van der Waals surface area contributed by atoms with E-state index in [9.17, 15) is 14.4 Å². The molecule has 1 aromatic heterocycles. The van der Waals surface area contributed by atoms with Crippen molar-refractivity contribution in [1.82, 2.24) is 10.3 Å². The molecule has 0 bridgehead atoms. The molecule has 0 unspecified atom stereocenters. The van der Waals surface area contributed by atoms with Gasteiger partial charge < -0.3 is 16.0 Å². The molecule has 0 radical (unpaired) electrons. The van der Waals surface area contributed by atoms with E-state index in [1.165, 1.54) is 23.1 Å². The molecule has 3 amide bonds. The molecule has 7 nitrogen and oxygen atoms in total. The minimum absolute atomic E-state index is 0.103. The minimum Gasteiger partial charge on any atom is -0.321 e. The number of hydrogen-bond acceptors (Lipinski definition) is 6. The number of anilines is 2. The van der Waals surface area contributed by atoms with Crippen molar-refractivity contribution in [3.05, 3.63) is 125 Å². The standard InChI is InChI=1S/C32H26N4O3S2/c1-21-19-41-32(33-21)36-29(37)20-40-26-15-8-14-25(18-26)34-31(39)28(35-30(38)23-10-3-2-4-11-23)17-24-13-7-12-22-9-5-6-16-27(22)24/h2-19H,20H2,1H3,(H,34,39)(H,35,38)(H,33,36,37)/b28-17+. The SMILES string of the molecule is Cc1csc(NC(=O)CSc2cccc(NC(=O)/C(=C\c3cccc4ccccc34)NC(=O)c3ccccc3)c2)n1. The second kappa shape index (κ2) is 13.1. The smallest absolute Gasteiger partial charge is 0.272 e. The number of nitrogens with one attached hydrogen (secondary N) is 3. The van der Waals surface area contributed by atoms with E-state index in [-0.39, 0.29) is 17.4 Å². The predicted octanol–water partition coefficient (Wildman–Crippen LogP) is 6.75. The van der Waals surface area contributed by atoms with Gasteiger partial charge in [-0.25, -0.2) is 4.98 Å². The van der Waals surface area contributed by atoms with Crippen LogP contribution in [-0.4, -0.2) is 28.5 Å². The van der Waals surface area contributed by atoms with Crippen LogP contribution in [0.5, 0.6) is 0 Å². The fourth-order valence-electron chi connectivity index (χ4n) is 4.05. The molecule has 9 heteroatoms. The summed E-state index contributed by atoms with van der Waals surface area (Å²) in [5.74, 6) is -0.836. The highest BCUT2D eigenvalue weighted by atomic mass is 32.2. The van der Waals surface area contributed by atoms with E-state index in [4.69, 9.17) is 0 Å². The molecule has 1 heterocycles. The number of nitrogens with zero attached hydrogens (tertiary/aromatic N) is 1. The number of thiazole rings is 1. The fourth-order valence-corrected chi connectivity index (χ4v) is 5.51. The molecule has 0 fully saturated rings. The van der Waals surface area contributed by atoms with Crippen LogP contribution in [0.3, 0.4) is 0 Å². The third-order valence-electron chi connectivity index (χ3n) is 5.98. The molecule has 4 aromatic carbocycles. The Balaban J connectivity index is 1.34. The molecule has 0 aliphatic rings. The average molecular weight is 579 g/mol. The third kappa shape index (κ3) is 7.47. The van der Waals surface area contributed by atoms with Gasteiger partial charge in [0.25, 0.3) is 11.8 Å². The first kappa shape index (κ1) is 27.8. The van der Waals surface area contributed by atoms with E-state index in [1.54, 1.807) is 48.5 Å². The highest BCUT2D eigenvalue weighted by Crippen LogP contribution is 2.24. The van der Waals surface area contributed by atoms with E-state index >= 15 is 0 Å². The largest absolute Gasteiger partial charge is 0.321 e. The van der Waals surface area contributed by atoms with Gasteiger partial charge in [-0.1, -0.05) is 66.7 Å². The number of hydrogen-bond donors (Lipinski definition) is 3. The predicted molar refractivity (Wildman–Crippen MR) is 167 cm³/mol. The van der Waals surface area contributed by atoms with Crippen molar-refractivity contribution < 1.29 is 14.4 Å². The summed E-state index contributed by atoms with van der Waals surface area (Å²) in [7, 11) is 0. The molecule has 0 aliphatic carbocycles. The Hall–Kier alpha value is -4.73. The molecule has 0 aliphatic heterocycles. The molecule has 41 heavy (non-hydrogen) atoms. The Morgan fingerprint density at radius 3 is 2.44 bits per heavy atom. The number of amides is 3. The first-order valence-corrected chi connectivity index (χ1v) is 14.6. The van der Waals surface area contributed by atoms with Crippen molar-refractivity contribution >= 4 is 68.5 Å². The van der Waals surface area contributed by atoms with Crippen molar-refractivity contribution in [2.45, 2.75) is 11.8 Å². The monoisotopic (exact) mass is 578 g/mol. The number of aryl methyl sites for hydroxylation is 1. The number of fused-ring (bicyclic) bond motifs is 1. The van der Waals surface area contributed by atoms with Crippen LogP contribution in [0.1, 0.15) is 21.6 Å². The zero-order valence-corrected chi connectivity index (χ0v) is 23.7. The summed E-state index contributed by atoms with van der Waals surface area (Å²) < 4.78 is 0. The van der Waals surface area contributed by atoms with E-state index < -0.39 is 11.8 Å². The van der Waals surface area contributed by atoms with Gasteiger partial charge in [0.15, 0.2) is 5.13 Å². The summed E-state index contributed by atoms with van der Waals surface area (Å²) in [6.07, 6.45) is 1.68. The van der Waals surface area contributed by atoms with Gasteiger partial charge in [0, 0.05) is 21.5 Å². The van der Waals surface area contributed by atoms with Crippen molar-refractivity contribution in [1.29, 1.82) is 0 Å². The van der Waals surface area contributed by atoms with Crippen LogP contribution in [-0.2, 0) is 9.59 Å². The van der Waals surface area contributed by atoms with Gasteiger partial charge in [0.1, 0.15) is 5.70 Å². The van der Waals surface area contributed by atoms with Gasteiger partial charge in [-0.15, -0.1) is 23.1 Å². The number of thioether (sulfide) groups is 1. The lowest BCUT2D eigenvalue weighted by molar-refractivity contribution is -0.114. The molecule has 0 saturated carbocycles. The zero-order valence-electron chi connectivity index (χ0n) is 22.1. The van der Waals surface area contributed by atoms with Crippen LogP contribution >= 0.6 is 23.1 Å². The maximum absolute atomic E-state index is 13.5. The Kier molecular flexibility index (Phi) is 8.88. The number of carbonyl (C=O) groups is 3. The Morgan fingerprint density at radius 1 is 0.878 bits per heavy atom. The maximum atomic E-state index is 13.5. The van der Waals surface area contributed by atoms with Crippen LogP contribution in [0.15, 0.2) is 113 Å². The zero-order chi connectivity index (χ0) is 28.6. The first-order valence-electron chi connectivity index (χ1n) is 12.8. The highest BCUT2D eigenvalue weighted by Gasteiger charge is 2.16. The highest BCUT2D eigenvalue weighted by molar-refractivity contribution is 8.00. The second-order valence-electron chi connectivity index (χ2n) is 9.06.